The monoisotopic (exact) mass is 1850 g/mol. The van der Waals surface area contributed by atoms with E-state index < -0.39 is 261 Å². The first kappa shape index (κ1) is 97.9. The van der Waals surface area contributed by atoms with Gasteiger partial charge in [0.15, 0.2) is 29.9 Å². The number of aliphatic hydroxyl groups excluding tert-OH is 6. The molecule has 0 aromatic heterocycles. The number of nitrogens with two attached hydrogens (primary N) is 2. The molecule has 7 amide bonds. The predicted molar refractivity (Wildman–Crippen MR) is 458 cm³/mol. The fraction of sp³-hybridized carbons (Fsp3) is 0.432. The Hall–Kier alpha value is -11.1. The van der Waals surface area contributed by atoms with Crippen LogP contribution in [0, 0.1) is 5.92 Å². The van der Waals surface area contributed by atoms with E-state index in [9.17, 15) is 78.6 Å². The number of halogens is 5. The molecule has 0 aliphatic carbocycles. The van der Waals surface area contributed by atoms with Gasteiger partial charge in [-0.05, 0) is 158 Å². The summed E-state index contributed by atoms with van der Waals surface area (Å²) < 4.78 is 84.9. The number of carboxylic acid groups (broad SMARTS) is 1. The maximum Gasteiger partial charge on any atom is 0.416 e. The van der Waals surface area contributed by atoms with Crippen molar-refractivity contribution in [2.45, 2.75) is 182 Å². The quantitative estimate of drug-likeness (QED) is 0.0311. The third kappa shape index (κ3) is 22.7. The van der Waals surface area contributed by atoms with Crippen molar-refractivity contribution in [1.29, 1.82) is 0 Å². The molecule has 2 fully saturated rings. The molecule has 11 bridgehead atoms. The van der Waals surface area contributed by atoms with E-state index in [-0.39, 0.29) is 72.6 Å². The summed E-state index contributed by atoms with van der Waals surface area (Å²) in [7, 11) is 1.47. The van der Waals surface area contributed by atoms with Crippen LogP contribution in [0.5, 0.6) is 46.0 Å². The number of benzene rings is 7. The smallest absolute Gasteiger partial charge is 0.416 e. The van der Waals surface area contributed by atoms with Crippen molar-refractivity contribution in [3.05, 3.63) is 176 Å². The van der Waals surface area contributed by atoms with Gasteiger partial charge in [0, 0.05) is 54.8 Å². The van der Waals surface area contributed by atoms with Crippen molar-refractivity contribution in [2.75, 3.05) is 53.0 Å². The number of aliphatic hydroxyl groups is 6. The van der Waals surface area contributed by atoms with E-state index in [4.69, 9.17) is 67.8 Å². The summed E-state index contributed by atoms with van der Waals surface area (Å²) in [5.74, 6) is -16.4. The highest BCUT2D eigenvalue weighted by Gasteiger charge is 2.52. The molecule has 7 heterocycles. The van der Waals surface area contributed by atoms with Crippen LogP contribution < -0.4 is 78.8 Å². The van der Waals surface area contributed by atoms with E-state index in [1.807, 2.05) is 26.0 Å². The van der Waals surface area contributed by atoms with Gasteiger partial charge in [-0.15, -0.1) is 0 Å². The molecule has 7 aliphatic heterocycles. The van der Waals surface area contributed by atoms with Crippen molar-refractivity contribution in [2.24, 2.45) is 17.4 Å². The van der Waals surface area contributed by atoms with Crippen molar-refractivity contribution in [3.63, 3.8) is 0 Å². The normalized spacial score (nSPS) is 25.6. The van der Waals surface area contributed by atoms with E-state index >= 15 is 24.0 Å². The number of ether oxygens (including phenoxy) is 7. The number of fused-ring (bicyclic) bond motifs is 15. The topological polar surface area (TPSA) is 576 Å². The molecular weight excluding hydrogens is 1750 g/mol. The molecule has 42 heteroatoms. The third-order valence-electron chi connectivity index (χ3n) is 22.9. The lowest BCUT2D eigenvalue weighted by Crippen LogP contribution is -2.65. The van der Waals surface area contributed by atoms with Crippen LogP contribution in [0.25, 0.3) is 22.3 Å². The van der Waals surface area contributed by atoms with Crippen LogP contribution in [0.3, 0.4) is 0 Å². The SMILES string of the molecule is CN[C@H](CC(C)C)C(=O)N[C@H]1C(=O)N[C@@H](CC(N)=O)C(=O)N[C@H]2C(=O)N[C@H]3C(=O)N[C@H](C(=O)N[C@H](C(=O)O)c4cc(O)c(CNCCOCCO)c(O)c4-c4cc3ccc4O)[C@H](O)c3ccc(c(Cl)c3)Oc3cc2cc(c3O[C@@H]2O[C@H](CN)[C@@H](O)[C@H](O)[C@H]2O[C@H]2C[C@](C)(NCCCNCc3ccc(-c4ccc(C(F)(F)F)cc4)cc3)[C@H](O)[C@H](C)O2)Oc2ccc(cc2Cl)[C@H]1O. The van der Waals surface area contributed by atoms with Gasteiger partial charge >= 0.3 is 12.1 Å². The summed E-state index contributed by atoms with van der Waals surface area (Å²) >= 11 is 14.4. The number of carbonyl (C=O) groups excluding carboxylic acids is 7. The molecule has 37 nitrogen and oxygen atoms in total. The van der Waals surface area contributed by atoms with Gasteiger partial charge in [-0.1, -0.05) is 91.6 Å². The number of phenols is 3. The van der Waals surface area contributed by atoms with Gasteiger partial charge in [0.1, 0.15) is 89.5 Å². The number of carbonyl (C=O) groups is 8. The molecule has 7 aliphatic rings. The highest BCUT2D eigenvalue weighted by molar-refractivity contribution is 6.32. The maximum absolute atomic E-state index is 16.4. The lowest BCUT2D eigenvalue weighted by molar-refractivity contribution is -0.331. The Morgan fingerprint density at radius 2 is 1.29 bits per heavy atom. The zero-order valence-corrected chi connectivity index (χ0v) is 72.3. The second-order valence-electron chi connectivity index (χ2n) is 32.7. The van der Waals surface area contributed by atoms with Crippen LogP contribution in [0.2, 0.25) is 10.0 Å². The molecule has 700 valence electrons. The molecule has 130 heavy (non-hydrogen) atoms. The number of phenolic OH excluding ortho intramolecular Hbond substituents is 3. The van der Waals surface area contributed by atoms with Gasteiger partial charge < -0.3 is 149 Å². The number of nitrogens with one attached hydrogen (secondary N) is 10. The average molecular weight is 1860 g/mol. The number of primary amides is 1. The van der Waals surface area contributed by atoms with Crippen LogP contribution in [0.4, 0.5) is 13.2 Å². The fourth-order valence-corrected chi connectivity index (χ4v) is 16.4. The van der Waals surface area contributed by atoms with Crippen molar-refractivity contribution in [1.82, 2.24) is 53.2 Å². The van der Waals surface area contributed by atoms with Crippen molar-refractivity contribution >= 4 is 70.5 Å². The van der Waals surface area contributed by atoms with Crippen LogP contribution in [0.1, 0.15) is 128 Å². The molecule has 0 unspecified atom stereocenters. The Morgan fingerprint density at radius 3 is 1.90 bits per heavy atom. The van der Waals surface area contributed by atoms with Gasteiger partial charge in [-0.25, -0.2) is 4.79 Å². The van der Waals surface area contributed by atoms with Crippen LogP contribution in [-0.4, -0.2) is 230 Å². The fourth-order valence-electron chi connectivity index (χ4n) is 15.9. The van der Waals surface area contributed by atoms with E-state index in [0.717, 1.165) is 78.4 Å². The second kappa shape index (κ2) is 42.4. The molecule has 7 aromatic carbocycles. The van der Waals surface area contributed by atoms with Gasteiger partial charge in [-0.3, -0.25) is 33.6 Å². The Bertz CT molecular complexity index is 5300. The number of carboxylic acids is 1. The first-order valence-electron chi connectivity index (χ1n) is 41.7. The van der Waals surface area contributed by atoms with E-state index in [1.54, 1.807) is 26.0 Å². The molecule has 0 spiro atoms. The van der Waals surface area contributed by atoms with E-state index in [0.29, 0.717) is 37.2 Å². The zero-order valence-electron chi connectivity index (χ0n) is 70.8. The molecule has 0 saturated carbocycles. The third-order valence-corrected chi connectivity index (χ3v) is 23.5. The van der Waals surface area contributed by atoms with Crippen LogP contribution in [0.15, 0.2) is 121 Å². The standard InChI is InChI=1S/C88H103Cl2F3N12O25/c1-39(2)27-54(96-5)79(116)104-69-71(110)45-14-19-58(52(89)29-45)126-60-31-47-32-61(76(60)130-86-77(75(114)74(113)62(36-94)128-86)129-64-35-87(4,78(115)40(3)125-64)99-22-6-21-97-37-41-7-9-42(10-8-41)43-11-16-48(17-12-43)88(91,92)93)127-59-20-15-46(30-53(59)90)72(111)70-84(121)103-68(85(122)123)50-33-57(108)51(38-98-23-25-124-26-24-106)73(112)65(50)49-28-44(13-18-56(49)107)66(81(118)105-70)102-82(119)67(47)101-80(117)55(34-63(95)109)100-83(69)120/h7-20,28-33,39-40,54-55,62,64,66-72,74-75,77-78,86,96-99,106-108,110-115H,6,21-27,34-38,94H2,1-5H3,(H2,95,109)(H,100,120)(H,101,117)(H,102,119)(H,103,121)(H,104,116)(H,105,118)(H,122,123)/t40-,54+,55-,62+,64-,66+,67+,68-,69+,70-,71+,72+,74+,75-,77+,78+,86-,87-/m0/s1. The molecule has 24 N–H and O–H groups in total. The Morgan fingerprint density at radius 1 is 0.677 bits per heavy atom. The highest BCUT2D eigenvalue weighted by atomic mass is 35.5. The minimum atomic E-state index is -4.48. The Kier molecular flexibility index (Phi) is 31.9. The number of hydrogen-bond acceptors (Lipinski definition) is 29. The minimum Gasteiger partial charge on any atom is -0.507 e. The summed E-state index contributed by atoms with van der Waals surface area (Å²) in [5, 5.41) is 144. The van der Waals surface area contributed by atoms with E-state index in [1.165, 1.54) is 31.3 Å². The Balaban J connectivity index is 0.980. The number of hydrogen-bond donors (Lipinski definition) is 22. The summed E-state index contributed by atoms with van der Waals surface area (Å²) in [4.78, 5) is 120. The number of aliphatic carboxylic acids is 1. The number of likely N-dealkylation sites (N-methyl/N-ethyl adjacent to an activating group) is 1. The van der Waals surface area contributed by atoms with Crippen molar-refractivity contribution in [3.8, 4) is 68.2 Å². The highest BCUT2D eigenvalue weighted by Crippen LogP contribution is 2.51. The van der Waals surface area contributed by atoms with Gasteiger partial charge in [0.2, 0.25) is 53.4 Å². The van der Waals surface area contributed by atoms with Gasteiger partial charge in [0.05, 0.1) is 65.7 Å². The van der Waals surface area contributed by atoms with Gasteiger partial charge in [0.25, 0.3) is 0 Å². The molecule has 2 saturated heterocycles. The molecule has 14 rings (SSSR count). The van der Waals surface area contributed by atoms with Gasteiger partial charge in [-0.2, -0.15) is 13.2 Å². The molecule has 7 aromatic rings. The first-order valence-corrected chi connectivity index (χ1v) is 42.4. The summed E-state index contributed by atoms with van der Waals surface area (Å²) in [6.45, 7) is 6.84. The number of alkyl halides is 3. The second-order valence-corrected chi connectivity index (χ2v) is 33.5. The van der Waals surface area contributed by atoms with Crippen molar-refractivity contribution < 1.29 is 136 Å². The maximum atomic E-state index is 16.4. The minimum absolute atomic E-state index is 0.00659. The lowest BCUT2D eigenvalue weighted by Gasteiger charge is -2.48. The summed E-state index contributed by atoms with van der Waals surface area (Å²) in [6.07, 6.45) is -22.4. The van der Waals surface area contributed by atoms with Crippen LogP contribution >= 0.6 is 23.2 Å². The summed E-state index contributed by atoms with van der Waals surface area (Å²) in [6, 6.07) is 10.4. The van der Waals surface area contributed by atoms with E-state index in [2.05, 4.69) is 53.2 Å². The number of rotatable bonds is 28. The molecular formula is C88H103Cl2F3N12O25. The Labute approximate surface area is 752 Å². The van der Waals surface area contributed by atoms with Crippen LogP contribution in [-0.2, 0) is 76.6 Å². The number of amides is 7. The summed E-state index contributed by atoms with van der Waals surface area (Å²) in [5.41, 5.74) is 8.88. The number of aromatic hydroxyl groups is 3. The lowest BCUT2D eigenvalue weighted by atomic mass is 9.85. The average Bonchev–Trinajstić information content (AvgIpc) is 0.755. The molecule has 0 radical (unpaired) electrons. The predicted octanol–water partition coefficient (Wildman–Crippen LogP) is 3.67. The largest absolute Gasteiger partial charge is 0.507 e. The molecule has 18 atom stereocenters. The zero-order chi connectivity index (χ0) is 94.1. The first-order chi connectivity index (χ1) is 61.8.